The Bertz CT molecular complexity index is 753. The van der Waals surface area contributed by atoms with Crippen LogP contribution in [0.4, 0.5) is 10.2 Å². The van der Waals surface area contributed by atoms with Crippen molar-refractivity contribution in [2.45, 2.75) is 18.9 Å². The highest BCUT2D eigenvalue weighted by molar-refractivity contribution is 5.94. The van der Waals surface area contributed by atoms with Gasteiger partial charge in [-0.05, 0) is 36.6 Å². The zero-order chi connectivity index (χ0) is 17.8. The number of hydrogen-bond acceptors (Lipinski definition) is 4. The van der Waals surface area contributed by atoms with E-state index in [0.717, 1.165) is 0 Å². The molecule has 6 heteroatoms. The van der Waals surface area contributed by atoms with Gasteiger partial charge in [0.1, 0.15) is 11.6 Å². The summed E-state index contributed by atoms with van der Waals surface area (Å²) in [5, 5.41) is 13.2. The van der Waals surface area contributed by atoms with Crippen LogP contribution in [0.3, 0.4) is 0 Å². The number of hydrogen-bond donors (Lipinski definition) is 2. The molecule has 25 heavy (non-hydrogen) atoms. The van der Waals surface area contributed by atoms with E-state index in [9.17, 15) is 14.3 Å². The van der Waals surface area contributed by atoms with Gasteiger partial charge in [0.05, 0.1) is 6.10 Å². The number of piperidine rings is 1. The van der Waals surface area contributed by atoms with Gasteiger partial charge in [0.15, 0.2) is 0 Å². The Morgan fingerprint density at radius 3 is 2.96 bits per heavy atom. The number of carbonyl (C=O) groups is 1. The minimum Gasteiger partial charge on any atom is -0.393 e. The molecule has 0 unspecified atom stereocenters. The molecule has 1 fully saturated rings. The molecule has 5 nitrogen and oxygen atoms in total. The van der Waals surface area contributed by atoms with Gasteiger partial charge >= 0.3 is 0 Å². The number of halogens is 1. The number of nitrogens with zero attached hydrogens (tertiary/aromatic N) is 2. The highest BCUT2D eigenvalue weighted by atomic mass is 19.1. The van der Waals surface area contributed by atoms with Crippen molar-refractivity contribution in [3.05, 3.63) is 59.5 Å². The molecule has 0 bridgehead atoms. The lowest BCUT2D eigenvalue weighted by Crippen LogP contribution is -2.46. The molecule has 1 saturated heterocycles. The summed E-state index contributed by atoms with van der Waals surface area (Å²) >= 11 is 0. The first-order chi connectivity index (χ1) is 12.1. The average Bonchev–Trinajstić information content (AvgIpc) is 2.64. The first-order valence-corrected chi connectivity index (χ1v) is 8.43. The summed E-state index contributed by atoms with van der Waals surface area (Å²) in [6, 6.07) is 9.97. The van der Waals surface area contributed by atoms with Gasteiger partial charge in [-0.15, -0.1) is 0 Å². The van der Waals surface area contributed by atoms with E-state index in [-0.39, 0.29) is 17.6 Å². The number of likely N-dealkylation sites (tertiary alicyclic amines) is 1. The van der Waals surface area contributed by atoms with Crippen molar-refractivity contribution in [3.63, 3.8) is 0 Å². The molecule has 2 N–H and O–H groups in total. The second-order valence-electron chi connectivity index (χ2n) is 6.34. The van der Waals surface area contributed by atoms with E-state index < -0.39 is 6.10 Å². The Morgan fingerprint density at radius 2 is 2.20 bits per heavy atom. The number of anilines is 1. The van der Waals surface area contributed by atoms with Gasteiger partial charge in [0.25, 0.3) is 5.91 Å². The first kappa shape index (κ1) is 17.4. The summed E-state index contributed by atoms with van der Waals surface area (Å²) in [7, 11) is 1.75. The van der Waals surface area contributed by atoms with Crippen molar-refractivity contribution in [1.29, 1.82) is 0 Å². The molecule has 1 aromatic heterocycles. The van der Waals surface area contributed by atoms with Crippen molar-refractivity contribution in [2.75, 3.05) is 25.5 Å². The highest BCUT2D eigenvalue weighted by Gasteiger charge is 2.31. The Morgan fingerprint density at radius 1 is 1.40 bits per heavy atom. The molecular formula is C19H22FN3O2. The molecule has 132 valence electrons. The summed E-state index contributed by atoms with van der Waals surface area (Å²) < 4.78 is 13.9. The summed E-state index contributed by atoms with van der Waals surface area (Å²) in [5.74, 6) is 0.0845. The fourth-order valence-corrected chi connectivity index (χ4v) is 3.23. The maximum atomic E-state index is 13.9. The minimum absolute atomic E-state index is 0.0932. The number of aliphatic hydroxyl groups is 1. The molecule has 2 heterocycles. The normalized spacial score (nSPS) is 20.4. The molecule has 1 aromatic carbocycles. The number of pyridine rings is 1. The molecule has 3 rings (SSSR count). The van der Waals surface area contributed by atoms with E-state index in [1.165, 1.54) is 6.07 Å². The van der Waals surface area contributed by atoms with Crippen LogP contribution in [0.1, 0.15) is 22.3 Å². The fraction of sp³-hybridized carbons (Fsp3) is 0.368. The summed E-state index contributed by atoms with van der Waals surface area (Å²) in [6.07, 6.45) is 1.97. The first-order valence-electron chi connectivity index (χ1n) is 8.43. The molecule has 0 aliphatic carbocycles. The number of aromatic nitrogens is 1. The van der Waals surface area contributed by atoms with E-state index in [2.05, 4.69) is 10.3 Å². The molecular weight excluding hydrogens is 321 g/mol. The second kappa shape index (κ2) is 7.61. The molecule has 1 amide bonds. The van der Waals surface area contributed by atoms with E-state index >= 15 is 0 Å². The number of aliphatic hydroxyl groups excluding tert-OH is 1. The smallest absolute Gasteiger partial charge is 0.254 e. The third kappa shape index (κ3) is 3.96. The summed E-state index contributed by atoms with van der Waals surface area (Å²) in [5.41, 5.74) is 1.13. The van der Waals surface area contributed by atoms with E-state index in [1.807, 2.05) is 0 Å². The van der Waals surface area contributed by atoms with Gasteiger partial charge in [-0.25, -0.2) is 9.37 Å². The molecule has 1 aliphatic heterocycles. The molecule has 0 saturated carbocycles. The summed E-state index contributed by atoms with van der Waals surface area (Å²) in [6.45, 7) is 0.899. The second-order valence-corrected chi connectivity index (χ2v) is 6.34. The van der Waals surface area contributed by atoms with Crippen molar-refractivity contribution in [2.24, 2.45) is 5.92 Å². The lowest BCUT2D eigenvalue weighted by Gasteiger charge is -2.36. The summed E-state index contributed by atoms with van der Waals surface area (Å²) in [4.78, 5) is 18.6. The lowest BCUT2D eigenvalue weighted by atomic mass is 9.88. The molecule has 1 aliphatic rings. The zero-order valence-corrected chi connectivity index (χ0v) is 14.2. The standard InChI is InChI=1S/C19H22FN3O2/c1-21-18-11-14(6-8-22-18)19(25)23-9-7-17(24)15(12-23)10-13-4-2-3-5-16(13)20/h2-6,8,11,15,17,24H,7,9-10,12H2,1H3,(H,21,22)/t15-,17-/m1/s1. The van der Waals surface area contributed by atoms with Crippen LogP contribution < -0.4 is 5.32 Å². The van der Waals surface area contributed by atoms with Crippen molar-refractivity contribution >= 4 is 11.7 Å². The van der Waals surface area contributed by atoms with Crippen molar-refractivity contribution in [1.82, 2.24) is 9.88 Å². The van der Waals surface area contributed by atoms with Crippen LogP contribution in [-0.4, -0.2) is 47.1 Å². The van der Waals surface area contributed by atoms with Crippen LogP contribution in [-0.2, 0) is 6.42 Å². The van der Waals surface area contributed by atoms with Gasteiger partial charge in [0.2, 0.25) is 0 Å². The zero-order valence-electron chi connectivity index (χ0n) is 14.2. The van der Waals surface area contributed by atoms with Crippen LogP contribution >= 0.6 is 0 Å². The predicted octanol–water partition coefficient (Wildman–Crippen LogP) is 2.33. The fourth-order valence-electron chi connectivity index (χ4n) is 3.23. The van der Waals surface area contributed by atoms with Gasteiger partial charge in [-0.3, -0.25) is 4.79 Å². The Balaban J connectivity index is 1.73. The Kier molecular flexibility index (Phi) is 5.28. The lowest BCUT2D eigenvalue weighted by molar-refractivity contribution is 0.0239. The van der Waals surface area contributed by atoms with E-state index in [1.54, 1.807) is 48.5 Å². The number of rotatable bonds is 4. The van der Waals surface area contributed by atoms with Crippen LogP contribution in [0.2, 0.25) is 0 Å². The third-order valence-corrected chi connectivity index (χ3v) is 4.68. The Labute approximate surface area is 146 Å². The number of nitrogens with one attached hydrogen (secondary N) is 1. The van der Waals surface area contributed by atoms with Gasteiger partial charge in [-0.2, -0.15) is 0 Å². The van der Waals surface area contributed by atoms with Gasteiger partial charge in [-0.1, -0.05) is 18.2 Å². The quantitative estimate of drug-likeness (QED) is 0.894. The van der Waals surface area contributed by atoms with Crippen molar-refractivity contribution < 1.29 is 14.3 Å². The largest absolute Gasteiger partial charge is 0.393 e. The minimum atomic E-state index is -0.533. The SMILES string of the molecule is CNc1cc(C(=O)N2CC[C@@H](O)[C@H](Cc3ccccc3F)C2)ccn1. The number of carbonyl (C=O) groups excluding carboxylic acids is 1. The maximum Gasteiger partial charge on any atom is 0.254 e. The van der Waals surface area contributed by atoms with Crippen LogP contribution in [0.15, 0.2) is 42.6 Å². The molecule has 2 aromatic rings. The van der Waals surface area contributed by atoms with Crippen LogP contribution in [0.25, 0.3) is 0 Å². The maximum absolute atomic E-state index is 13.9. The van der Waals surface area contributed by atoms with E-state index in [0.29, 0.717) is 42.9 Å². The Hall–Kier alpha value is -2.47. The van der Waals surface area contributed by atoms with Gasteiger partial charge < -0.3 is 15.3 Å². The predicted molar refractivity (Wildman–Crippen MR) is 93.9 cm³/mol. The monoisotopic (exact) mass is 343 g/mol. The molecule has 0 radical (unpaired) electrons. The van der Waals surface area contributed by atoms with Crippen LogP contribution in [0.5, 0.6) is 0 Å². The van der Waals surface area contributed by atoms with Crippen LogP contribution in [0, 0.1) is 11.7 Å². The average molecular weight is 343 g/mol. The third-order valence-electron chi connectivity index (χ3n) is 4.68. The number of benzene rings is 1. The molecule has 2 atom stereocenters. The number of amides is 1. The topological polar surface area (TPSA) is 65.5 Å². The van der Waals surface area contributed by atoms with Gasteiger partial charge in [0, 0.05) is 37.8 Å². The molecule has 0 spiro atoms. The van der Waals surface area contributed by atoms with E-state index in [4.69, 9.17) is 0 Å². The van der Waals surface area contributed by atoms with Crippen molar-refractivity contribution in [3.8, 4) is 0 Å². The highest BCUT2D eigenvalue weighted by Crippen LogP contribution is 2.24.